The van der Waals surface area contributed by atoms with Gasteiger partial charge in [-0.3, -0.25) is 9.59 Å². The van der Waals surface area contributed by atoms with Crippen molar-refractivity contribution in [1.82, 2.24) is 5.32 Å². The number of benzene rings is 1. The van der Waals surface area contributed by atoms with Crippen molar-refractivity contribution in [2.45, 2.75) is 65.8 Å². The van der Waals surface area contributed by atoms with Gasteiger partial charge in [0.2, 0.25) is 5.91 Å². The summed E-state index contributed by atoms with van der Waals surface area (Å²) < 4.78 is 11.4. The molecular weight excluding hydrogens is 386 g/mol. The first kappa shape index (κ1) is 21.6. The van der Waals surface area contributed by atoms with Crippen LogP contribution in [-0.4, -0.2) is 23.0 Å². The summed E-state index contributed by atoms with van der Waals surface area (Å²) in [5.41, 5.74) is 3.57. The Kier molecular flexibility index (Phi) is 5.50. The van der Waals surface area contributed by atoms with Crippen molar-refractivity contribution in [2.75, 3.05) is 0 Å². The zero-order valence-corrected chi connectivity index (χ0v) is 18.1. The SMILES string of the molecule is Cc1c(CCC(=O)N[C@H](C)C(=O)O)c(=O)oc2c(C)c3occ(C(C)(C)C)c3cc12. The normalized spacial score (nSPS) is 13.0. The molecule has 2 heterocycles. The molecule has 2 aromatic heterocycles. The van der Waals surface area contributed by atoms with Crippen LogP contribution in [0.3, 0.4) is 0 Å². The van der Waals surface area contributed by atoms with Gasteiger partial charge in [-0.05, 0) is 44.2 Å². The maximum atomic E-state index is 12.6. The molecule has 1 aromatic carbocycles. The number of carbonyl (C=O) groups is 2. The van der Waals surface area contributed by atoms with Gasteiger partial charge < -0.3 is 19.3 Å². The van der Waals surface area contributed by atoms with Gasteiger partial charge in [-0.2, -0.15) is 0 Å². The van der Waals surface area contributed by atoms with Crippen molar-refractivity contribution in [3.63, 3.8) is 0 Å². The third-order valence-corrected chi connectivity index (χ3v) is 5.50. The molecule has 7 heteroatoms. The molecule has 1 amide bonds. The fourth-order valence-electron chi connectivity index (χ4n) is 3.68. The highest BCUT2D eigenvalue weighted by atomic mass is 16.4. The van der Waals surface area contributed by atoms with Gasteiger partial charge in [-0.25, -0.2) is 4.79 Å². The summed E-state index contributed by atoms with van der Waals surface area (Å²) in [6.07, 6.45) is 1.91. The summed E-state index contributed by atoms with van der Waals surface area (Å²) in [5, 5.41) is 13.1. The lowest BCUT2D eigenvalue weighted by Crippen LogP contribution is -2.38. The molecule has 0 fully saturated rings. The third kappa shape index (κ3) is 3.84. The van der Waals surface area contributed by atoms with Crippen molar-refractivity contribution in [3.8, 4) is 0 Å². The molecule has 0 spiro atoms. The molecule has 0 bridgehead atoms. The Morgan fingerprint density at radius 3 is 2.40 bits per heavy atom. The highest BCUT2D eigenvalue weighted by molar-refractivity contribution is 6.00. The van der Waals surface area contributed by atoms with Gasteiger partial charge >= 0.3 is 11.6 Å². The van der Waals surface area contributed by atoms with Crippen LogP contribution in [0.25, 0.3) is 21.9 Å². The van der Waals surface area contributed by atoms with Crippen LogP contribution in [0.5, 0.6) is 0 Å². The number of hydrogen-bond donors (Lipinski definition) is 2. The summed E-state index contributed by atoms with van der Waals surface area (Å²) in [5.74, 6) is -1.54. The number of carboxylic acid groups (broad SMARTS) is 1. The zero-order valence-electron chi connectivity index (χ0n) is 18.1. The molecule has 0 aliphatic heterocycles. The maximum absolute atomic E-state index is 12.6. The fraction of sp³-hybridized carbons (Fsp3) is 0.435. The van der Waals surface area contributed by atoms with Gasteiger partial charge in [0.15, 0.2) is 0 Å². The van der Waals surface area contributed by atoms with E-state index in [1.54, 1.807) is 6.26 Å². The Morgan fingerprint density at radius 1 is 1.13 bits per heavy atom. The van der Waals surface area contributed by atoms with E-state index in [-0.39, 0.29) is 18.3 Å². The minimum absolute atomic E-state index is 0.00506. The van der Waals surface area contributed by atoms with E-state index in [9.17, 15) is 14.4 Å². The number of fused-ring (bicyclic) bond motifs is 2. The lowest BCUT2D eigenvalue weighted by atomic mass is 9.86. The second-order valence-electron chi connectivity index (χ2n) is 8.77. The number of amides is 1. The number of hydrogen-bond acceptors (Lipinski definition) is 5. The topological polar surface area (TPSA) is 110 Å². The molecular formula is C23H27NO6. The van der Waals surface area contributed by atoms with Crippen molar-refractivity contribution in [3.05, 3.63) is 45.0 Å². The number of nitrogens with one attached hydrogen (secondary N) is 1. The molecule has 0 aliphatic rings. The van der Waals surface area contributed by atoms with Gasteiger partial charge in [-0.1, -0.05) is 20.8 Å². The van der Waals surface area contributed by atoms with Crippen LogP contribution < -0.4 is 10.9 Å². The average Bonchev–Trinajstić information content (AvgIpc) is 3.07. The Bertz CT molecular complexity index is 1210. The number of aryl methyl sites for hydroxylation is 2. The van der Waals surface area contributed by atoms with E-state index in [0.717, 1.165) is 27.5 Å². The molecule has 2 N–H and O–H groups in total. The first-order chi connectivity index (χ1) is 13.9. The van der Waals surface area contributed by atoms with E-state index in [0.29, 0.717) is 16.7 Å². The molecule has 0 saturated heterocycles. The fourth-order valence-corrected chi connectivity index (χ4v) is 3.68. The lowest BCUT2D eigenvalue weighted by molar-refractivity contribution is -0.141. The highest BCUT2D eigenvalue weighted by Gasteiger charge is 2.24. The van der Waals surface area contributed by atoms with Gasteiger partial charge in [0, 0.05) is 33.9 Å². The number of furan rings is 1. The minimum atomic E-state index is -1.11. The molecule has 3 rings (SSSR count). The molecule has 0 aliphatic carbocycles. The van der Waals surface area contributed by atoms with Crippen LogP contribution >= 0.6 is 0 Å². The Labute approximate surface area is 174 Å². The van der Waals surface area contributed by atoms with E-state index in [4.69, 9.17) is 13.9 Å². The summed E-state index contributed by atoms with van der Waals surface area (Å²) >= 11 is 0. The van der Waals surface area contributed by atoms with Gasteiger partial charge in [0.05, 0.1) is 6.26 Å². The van der Waals surface area contributed by atoms with Crippen LogP contribution in [0, 0.1) is 13.8 Å². The van der Waals surface area contributed by atoms with E-state index < -0.39 is 23.5 Å². The molecule has 7 nitrogen and oxygen atoms in total. The van der Waals surface area contributed by atoms with E-state index >= 15 is 0 Å². The number of carbonyl (C=O) groups excluding carboxylic acids is 1. The summed E-state index contributed by atoms with van der Waals surface area (Å²) in [7, 11) is 0. The molecule has 0 saturated carbocycles. The summed E-state index contributed by atoms with van der Waals surface area (Å²) in [4.78, 5) is 35.6. The smallest absolute Gasteiger partial charge is 0.339 e. The Balaban J connectivity index is 2.05. The number of rotatable bonds is 5. The van der Waals surface area contributed by atoms with E-state index in [1.807, 2.05) is 19.9 Å². The molecule has 3 aromatic rings. The van der Waals surface area contributed by atoms with Crippen LogP contribution in [-0.2, 0) is 21.4 Å². The van der Waals surface area contributed by atoms with Gasteiger partial charge in [0.1, 0.15) is 17.2 Å². The largest absolute Gasteiger partial charge is 0.480 e. The van der Waals surface area contributed by atoms with Crippen LogP contribution in [0.4, 0.5) is 0 Å². The molecule has 30 heavy (non-hydrogen) atoms. The first-order valence-corrected chi connectivity index (χ1v) is 9.91. The molecule has 0 unspecified atom stereocenters. The minimum Gasteiger partial charge on any atom is -0.480 e. The van der Waals surface area contributed by atoms with Crippen molar-refractivity contribution >= 4 is 33.8 Å². The third-order valence-electron chi connectivity index (χ3n) is 5.50. The van der Waals surface area contributed by atoms with Crippen LogP contribution in [0.1, 0.15) is 56.4 Å². The Hall–Kier alpha value is -3.09. The van der Waals surface area contributed by atoms with Crippen LogP contribution in [0.2, 0.25) is 0 Å². The molecule has 160 valence electrons. The zero-order chi connectivity index (χ0) is 22.4. The average molecular weight is 413 g/mol. The standard InChI is InChI=1S/C23H27NO6/c1-11-14(7-8-18(25)24-13(3)21(26)27)22(28)30-20-12(2)19-16(9-15(11)20)17(10-29-19)23(4,5)6/h9-10,13H,7-8H2,1-6H3,(H,24,25)(H,26,27)/t13-/m1/s1. The van der Waals surface area contributed by atoms with E-state index in [1.165, 1.54) is 6.92 Å². The maximum Gasteiger partial charge on any atom is 0.339 e. The van der Waals surface area contributed by atoms with Crippen LogP contribution in [0.15, 0.2) is 26.0 Å². The molecule has 1 atom stereocenters. The quantitative estimate of drug-likeness (QED) is 0.613. The van der Waals surface area contributed by atoms with Crippen molar-refractivity contribution in [1.29, 1.82) is 0 Å². The monoisotopic (exact) mass is 413 g/mol. The summed E-state index contributed by atoms with van der Waals surface area (Å²) in [6.45, 7) is 11.4. The second kappa shape index (κ2) is 7.63. The first-order valence-electron chi connectivity index (χ1n) is 9.91. The van der Waals surface area contributed by atoms with Gasteiger partial charge in [-0.15, -0.1) is 0 Å². The number of carboxylic acids is 1. The predicted molar refractivity (Wildman–Crippen MR) is 114 cm³/mol. The van der Waals surface area contributed by atoms with E-state index in [2.05, 4.69) is 26.1 Å². The Morgan fingerprint density at radius 2 is 1.80 bits per heavy atom. The lowest BCUT2D eigenvalue weighted by Gasteiger charge is -2.17. The summed E-state index contributed by atoms with van der Waals surface area (Å²) in [6, 6.07) is 0.996. The highest BCUT2D eigenvalue weighted by Crippen LogP contribution is 2.37. The number of aliphatic carboxylic acids is 1. The molecule has 0 radical (unpaired) electrons. The predicted octanol–water partition coefficient (Wildman–Crippen LogP) is 3.98. The second-order valence-corrected chi connectivity index (χ2v) is 8.77. The van der Waals surface area contributed by atoms with Gasteiger partial charge in [0.25, 0.3) is 0 Å². The van der Waals surface area contributed by atoms with Crippen molar-refractivity contribution < 1.29 is 23.5 Å². The van der Waals surface area contributed by atoms with Crippen molar-refractivity contribution in [2.24, 2.45) is 0 Å².